The maximum Gasteiger partial charge on any atom is 0.0484 e. The zero-order valence-corrected chi connectivity index (χ0v) is 9.04. The summed E-state index contributed by atoms with van der Waals surface area (Å²) >= 11 is 6.15. The van der Waals surface area contributed by atoms with E-state index in [-0.39, 0.29) is 0 Å². The monoisotopic (exact) mass is 214 g/mol. The third kappa shape index (κ3) is 1.95. The second-order valence-corrected chi connectivity index (χ2v) is 3.68. The van der Waals surface area contributed by atoms with E-state index >= 15 is 0 Å². The van der Waals surface area contributed by atoms with Crippen LogP contribution in [0.4, 0.5) is 0 Å². The predicted octanol–water partition coefficient (Wildman–Crippen LogP) is 4.65. The lowest BCUT2D eigenvalue weighted by Crippen LogP contribution is -1.83. The first-order valence-electron chi connectivity index (χ1n) is 4.79. The molecule has 0 aliphatic carbocycles. The van der Waals surface area contributed by atoms with Gasteiger partial charge in [0.05, 0.1) is 0 Å². The molecule has 0 N–H and O–H groups in total. The largest absolute Gasteiger partial charge is 0.0984 e. The van der Waals surface area contributed by atoms with Crippen molar-refractivity contribution in [3.05, 3.63) is 65.7 Å². The van der Waals surface area contributed by atoms with Crippen LogP contribution in [0.2, 0.25) is 5.02 Å². The van der Waals surface area contributed by atoms with Gasteiger partial charge in [-0.05, 0) is 17.2 Å². The summed E-state index contributed by atoms with van der Waals surface area (Å²) in [5.41, 5.74) is 3.28. The van der Waals surface area contributed by atoms with E-state index in [4.69, 9.17) is 11.6 Å². The van der Waals surface area contributed by atoms with Crippen LogP contribution in [0.3, 0.4) is 0 Å². The Labute approximate surface area is 94.8 Å². The van der Waals surface area contributed by atoms with Gasteiger partial charge in [0.25, 0.3) is 0 Å². The summed E-state index contributed by atoms with van der Waals surface area (Å²) in [5, 5.41) is 0.770. The number of halogens is 1. The van der Waals surface area contributed by atoms with Crippen molar-refractivity contribution in [1.82, 2.24) is 0 Å². The van der Waals surface area contributed by atoms with Crippen LogP contribution in [0.25, 0.3) is 17.2 Å². The van der Waals surface area contributed by atoms with Crippen molar-refractivity contribution in [2.45, 2.75) is 0 Å². The Balaban J connectivity index is 2.64. The van der Waals surface area contributed by atoms with E-state index in [1.807, 2.05) is 48.5 Å². The lowest BCUT2D eigenvalue weighted by atomic mass is 10.00. The van der Waals surface area contributed by atoms with Gasteiger partial charge in [-0.3, -0.25) is 0 Å². The molecule has 0 saturated carbocycles. The molecule has 1 heteroatoms. The van der Waals surface area contributed by atoms with Gasteiger partial charge >= 0.3 is 0 Å². The predicted molar refractivity (Wildman–Crippen MR) is 67.0 cm³/mol. The summed E-state index contributed by atoms with van der Waals surface area (Å²) in [6.07, 6.45) is 1.85. The van der Waals surface area contributed by atoms with Crippen molar-refractivity contribution in [3.8, 4) is 11.1 Å². The fourth-order valence-corrected chi connectivity index (χ4v) is 1.84. The molecule has 0 amide bonds. The van der Waals surface area contributed by atoms with Gasteiger partial charge < -0.3 is 0 Å². The van der Waals surface area contributed by atoms with E-state index in [1.165, 1.54) is 0 Å². The van der Waals surface area contributed by atoms with Crippen molar-refractivity contribution in [3.63, 3.8) is 0 Å². The standard InChI is InChI=1S/C14H11Cl/c1-2-11-7-3-4-8-12(11)13-9-5-6-10-14(13)15/h2-10H,1H2. The van der Waals surface area contributed by atoms with Gasteiger partial charge in [-0.2, -0.15) is 0 Å². The highest BCUT2D eigenvalue weighted by Gasteiger charge is 2.04. The van der Waals surface area contributed by atoms with Gasteiger partial charge in [0, 0.05) is 10.6 Å². The molecule has 0 nitrogen and oxygen atoms in total. The molecule has 0 saturated heterocycles. The first kappa shape index (κ1) is 10.0. The molecular formula is C14H11Cl. The van der Waals surface area contributed by atoms with Crippen LogP contribution in [0.15, 0.2) is 55.1 Å². The number of benzene rings is 2. The van der Waals surface area contributed by atoms with Crippen LogP contribution in [0.5, 0.6) is 0 Å². The van der Waals surface area contributed by atoms with Crippen LogP contribution in [-0.2, 0) is 0 Å². The molecule has 0 aliphatic heterocycles. The highest BCUT2D eigenvalue weighted by atomic mass is 35.5. The normalized spacial score (nSPS) is 9.93. The van der Waals surface area contributed by atoms with Gasteiger partial charge in [0.15, 0.2) is 0 Å². The molecule has 2 aromatic rings. The minimum Gasteiger partial charge on any atom is -0.0984 e. The average molecular weight is 215 g/mol. The highest BCUT2D eigenvalue weighted by molar-refractivity contribution is 6.33. The summed E-state index contributed by atoms with van der Waals surface area (Å²) < 4.78 is 0. The minimum absolute atomic E-state index is 0.770. The Bertz CT molecular complexity index is 486. The second-order valence-electron chi connectivity index (χ2n) is 3.27. The van der Waals surface area contributed by atoms with Gasteiger partial charge in [0.1, 0.15) is 0 Å². The summed E-state index contributed by atoms with van der Waals surface area (Å²) in [6, 6.07) is 15.9. The maximum absolute atomic E-state index is 6.15. The molecule has 0 aliphatic rings. The summed E-state index contributed by atoms with van der Waals surface area (Å²) in [7, 11) is 0. The van der Waals surface area contributed by atoms with Crippen LogP contribution >= 0.6 is 11.6 Å². The SMILES string of the molecule is C=Cc1ccccc1-c1ccccc1Cl. The number of hydrogen-bond donors (Lipinski definition) is 0. The van der Waals surface area contributed by atoms with Crippen molar-refractivity contribution in [1.29, 1.82) is 0 Å². The van der Waals surface area contributed by atoms with Crippen LogP contribution in [0, 0.1) is 0 Å². The van der Waals surface area contributed by atoms with E-state index < -0.39 is 0 Å². The Kier molecular flexibility index (Phi) is 2.89. The Morgan fingerprint density at radius 2 is 1.47 bits per heavy atom. The Hall–Kier alpha value is -1.53. The van der Waals surface area contributed by atoms with E-state index in [2.05, 4.69) is 12.6 Å². The molecular weight excluding hydrogens is 204 g/mol. The summed E-state index contributed by atoms with van der Waals surface area (Å²) in [5.74, 6) is 0. The fraction of sp³-hybridized carbons (Fsp3) is 0. The molecule has 0 radical (unpaired) electrons. The van der Waals surface area contributed by atoms with Crippen molar-refractivity contribution in [2.75, 3.05) is 0 Å². The maximum atomic E-state index is 6.15. The zero-order valence-electron chi connectivity index (χ0n) is 8.28. The quantitative estimate of drug-likeness (QED) is 0.683. The molecule has 2 aromatic carbocycles. The van der Waals surface area contributed by atoms with E-state index in [9.17, 15) is 0 Å². The lowest BCUT2D eigenvalue weighted by molar-refractivity contribution is 1.59. The van der Waals surface area contributed by atoms with Crippen molar-refractivity contribution in [2.24, 2.45) is 0 Å². The van der Waals surface area contributed by atoms with Crippen LogP contribution in [-0.4, -0.2) is 0 Å². The topological polar surface area (TPSA) is 0 Å². The molecule has 74 valence electrons. The minimum atomic E-state index is 0.770. The molecule has 0 fully saturated rings. The van der Waals surface area contributed by atoms with Gasteiger partial charge in [-0.25, -0.2) is 0 Å². The van der Waals surface area contributed by atoms with Gasteiger partial charge in [-0.15, -0.1) is 0 Å². The smallest absolute Gasteiger partial charge is 0.0484 e. The van der Waals surface area contributed by atoms with E-state index in [1.54, 1.807) is 0 Å². The molecule has 0 heterocycles. The first-order valence-corrected chi connectivity index (χ1v) is 5.17. The summed E-state index contributed by atoms with van der Waals surface area (Å²) in [4.78, 5) is 0. The molecule has 0 spiro atoms. The third-order valence-corrected chi connectivity index (χ3v) is 2.67. The number of hydrogen-bond acceptors (Lipinski definition) is 0. The molecule has 0 aromatic heterocycles. The van der Waals surface area contributed by atoms with E-state index in [0.717, 1.165) is 21.7 Å². The highest BCUT2D eigenvalue weighted by Crippen LogP contribution is 2.30. The molecule has 0 atom stereocenters. The Morgan fingerprint density at radius 3 is 2.13 bits per heavy atom. The second kappa shape index (κ2) is 4.33. The van der Waals surface area contributed by atoms with Crippen molar-refractivity contribution < 1.29 is 0 Å². The molecule has 0 unspecified atom stereocenters. The van der Waals surface area contributed by atoms with Crippen molar-refractivity contribution >= 4 is 17.7 Å². The zero-order chi connectivity index (χ0) is 10.7. The van der Waals surface area contributed by atoms with Crippen LogP contribution < -0.4 is 0 Å². The summed E-state index contributed by atoms with van der Waals surface area (Å²) in [6.45, 7) is 3.80. The molecule has 0 bridgehead atoms. The van der Waals surface area contributed by atoms with Crippen LogP contribution in [0.1, 0.15) is 5.56 Å². The first-order chi connectivity index (χ1) is 7.33. The van der Waals surface area contributed by atoms with Gasteiger partial charge in [-0.1, -0.05) is 66.7 Å². The molecule has 15 heavy (non-hydrogen) atoms. The van der Waals surface area contributed by atoms with Gasteiger partial charge in [0.2, 0.25) is 0 Å². The third-order valence-electron chi connectivity index (χ3n) is 2.34. The molecule has 2 rings (SSSR count). The number of rotatable bonds is 2. The lowest BCUT2D eigenvalue weighted by Gasteiger charge is -2.07. The fourth-order valence-electron chi connectivity index (χ4n) is 1.60. The Morgan fingerprint density at radius 1 is 0.867 bits per heavy atom. The van der Waals surface area contributed by atoms with E-state index in [0.29, 0.717) is 0 Å². The average Bonchev–Trinajstić information content (AvgIpc) is 2.30.